The van der Waals surface area contributed by atoms with Gasteiger partial charge in [-0.2, -0.15) is 0 Å². The first-order valence-corrected chi connectivity index (χ1v) is 6.28. The largest absolute Gasteiger partial charge is 0.465 e. The van der Waals surface area contributed by atoms with E-state index in [-0.39, 0.29) is 0 Å². The van der Waals surface area contributed by atoms with Crippen LogP contribution in [0.15, 0.2) is 24.3 Å². The Balaban J connectivity index is 2.95. The van der Waals surface area contributed by atoms with Gasteiger partial charge in [0.05, 0.1) is 31.7 Å². The summed E-state index contributed by atoms with van der Waals surface area (Å²) in [5.74, 6) is -0.443. The Morgan fingerprint density at radius 2 is 1.74 bits per heavy atom. The van der Waals surface area contributed by atoms with Crippen molar-refractivity contribution in [1.29, 1.82) is 0 Å². The topological polar surface area (TPSA) is 29.5 Å². The highest BCUT2D eigenvalue weighted by atomic mass is 19.1. The number of methoxy groups -OCH3 is 1. The molecule has 0 N–H and O–H groups in total. The molecular formula is C14H19F2NO2. The van der Waals surface area contributed by atoms with Gasteiger partial charge in [-0.3, -0.25) is 8.78 Å². The maximum absolute atomic E-state index is 12.3. The molecule has 3 nitrogen and oxygen atoms in total. The molecule has 1 aromatic rings. The number of para-hydroxylation sites is 1. The van der Waals surface area contributed by atoms with Crippen LogP contribution in [-0.4, -0.2) is 39.5 Å². The van der Waals surface area contributed by atoms with E-state index in [0.29, 0.717) is 37.2 Å². The van der Waals surface area contributed by atoms with Gasteiger partial charge >= 0.3 is 5.97 Å². The van der Waals surface area contributed by atoms with Crippen molar-refractivity contribution in [2.45, 2.75) is 12.8 Å². The van der Waals surface area contributed by atoms with Gasteiger partial charge in [0.25, 0.3) is 0 Å². The van der Waals surface area contributed by atoms with Gasteiger partial charge in [-0.25, -0.2) is 4.79 Å². The SMILES string of the molecule is COC(=O)c1ccccc1N(CCCF)CCCF. The summed E-state index contributed by atoms with van der Waals surface area (Å²) in [6, 6.07) is 6.94. The molecule has 0 amide bonds. The molecule has 0 saturated carbocycles. The van der Waals surface area contributed by atoms with Crippen LogP contribution in [0.3, 0.4) is 0 Å². The zero-order valence-electron chi connectivity index (χ0n) is 11.1. The molecule has 19 heavy (non-hydrogen) atoms. The molecule has 0 atom stereocenters. The Labute approximate surface area is 112 Å². The number of alkyl halides is 2. The predicted octanol–water partition coefficient (Wildman–Crippen LogP) is 3.00. The average molecular weight is 271 g/mol. The second-order valence-electron chi connectivity index (χ2n) is 4.08. The van der Waals surface area contributed by atoms with E-state index in [0.717, 1.165) is 0 Å². The number of rotatable bonds is 8. The van der Waals surface area contributed by atoms with Crippen molar-refractivity contribution in [2.24, 2.45) is 0 Å². The maximum Gasteiger partial charge on any atom is 0.339 e. The minimum atomic E-state index is -0.443. The molecule has 5 heteroatoms. The molecular weight excluding hydrogens is 252 g/mol. The van der Waals surface area contributed by atoms with Gasteiger partial charge in [-0.15, -0.1) is 0 Å². The lowest BCUT2D eigenvalue weighted by atomic mass is 10.1. The minimum absolute atomic E-state index is 0.349. The lowest BCUT2D eigenvalue weighted by Gasteiger charge is -2.25. The Morgan fingerprint density at radius 3 is 2.26 bits per heavy atom. The van der Waals surface area contributed by atoms with Crippen molar-refractivity contribution >= 4 is 11.7 Å². The molecule has 0 heterocycles. The summed E-state index contributed by atoms with van der Waals surface area (Å²) in [6.45, 7) is 0.0219. The fourth-order valence-corrected chi connectivity index (χ4v) is 1.89. The molecule has 1 aromatic carbocycles. The highest BCUT2D eigenvalue weighted by Crippen LogP contribution is 2.22. The average Bonchev–Trinajstić information content (AvgIpc) is 2.47. The summed E-state index contributed by atoms with van der Waals surface area (Å²) in [5.41, 5.74) is 1.08. The fourth-order valence-electron chi connectivity index (χ4n) is 1.89. The van der Waals surface area contributed by atoms with Crippen LogP contribution in [0.25, 0.3) is 0 Å². The lowest BCUT2D eigenvalue weighted by Crippen LogP contribution is -2.28. The van der Waals surface area contributed by atoms with Gasteiger partial charge in [-0.05, 0) is 25.0 Å². The van der Waals surface area contributed by atoms with E-state index in [1.807, 2.05) is 4.90 Å². The number of hydrogen-bond donors (Lipinski definition) is 0. The predicted molar refractivity (Wildman–Crippen MR) is 71.2 cm³/mol. The quantitative estimate of drug-likeness (QED) is 0.681. The van der Waals surface area contributed by atoms with Crippen molar-refractivity contribution in [2.75, 3.05) is 38.4 Å². The zero-order chi connectivity index (χ0) is 14.1. The highest BCUT2D eigenvalue weighted by molar-refractivity contribution is 5.95. The first-order chi connectivity index (χ1) is 9.24. The number of esters is 1. The summed E-state index contributed by atoms with van der Waals surface area (Å²) in [7, 11) is 1.31. The zero-order valence-corrected chi connectivity index (χ0v) is 11.1. The Hall–Kier alpha value is -1.65. The van der Waals surface area contributed by atoms with E-state index < -0.39 is 19.3 Å². The van der Waals surface area contributed by atoms with Crippen LogP contribution in [-0.2, 0) is 4.74 Å². The fraction of sp³-hybridized carbons (Fsp3) is 0.500. The van der Waals surface area contributed by atoms with Crippen LogP contribution in [0.2, 0.25) is 0 Å². The van der Waals surface area contributed by atoms with E-state index in [1.165, 1.54) is 7.11 Å². The number of benzene rings is 1. The van der Waals surface area contributed by atoms with Crippen LogP contribution in [0.5, 0.6) is 0 Å². The summed E-state index contributed by atoms with van der Waals surface area (Å²) in [5, 5.41) is 0. The Morgan fingerprint density at radius 1 is 1.16 bits per heavy atom. The third kappa shape index (κ3) is 4.50. The third-order valence-electron chi connectivity index (χ3n) is 2.77. The normalized spacial score (nSPS) is 10.3. The van der Waals surface area contributed by atoms with E-state index in [1.54, 1.807) is 24.3 Å². The van der Waals surface area contributed by atoms with Crippen LogP contribution >= 0.6 is 0 Å². The first kappa shape index (κ1) is 15.4. The second kappa shape index (κ2) is 8.45. The first-order valence-electron chi connectivity index (χ1n) is 6.28. The van der Waals surface area contributed by atoms with E-state index in [2.05, 4.69) is 0 Å². The number of nitrogens with zero attached hydrogens (tertiary/aromatic N) is 1. The third-order valence-corrected chi connectivity index (χ3v) is 2.77. The van der Waals surface area contributed by atoms with Gasteiger partial charge in [0, 0.05) is 13.1 Å². The van der Waals surface area contributed by atoms with Gasteiger partial charge < -0.3 is 9.64 Å². The summed E-state index contributed by atoms with van der Waals surface area (Å²) in [6.07, 6.45) is 0.698. The molecule has 106 valence electrons. The van der Waals surface area contributed by atoms with Crippen molar-refractivity contribution < 1.29 is 18.3 Å². The van der Waals surface area contributed by atoms with Crippen LogP contribution in [0, 0.1) is 0 Å². The number of hydrogen-bond acceptors (Lipinski definition) is 3. The molecule has 0 aliphatic carbocycles. The highest BCUT2D eigenvalue weighted by Gasteiger charge is 2.16. The number of ether oxygens (including phenoxy) is 1. The smallest absolute Gasteiger partial charge is 0.339 e. The minimum Gasteiger partial charge on any atom is -0.465 e. The molecule has 0 unspecified atom stereocenters. The van der Waals surface area contributed by atoms with Gasteiger partial charge in [0.1, 0.15) is 0 Å². The van der Waals surface area contributed by atoms with Gasteiger partial charge in [0.15, 0.2) is 0 Å². The molecule has 0 spiro atoms. The van der Waals surface area contributed by atoms with Crippen molar-refractivity contribution in [3.8, 4) is 0 Å². The lowest BCUT2D eigenvalue weighted by molar-refractivity contribution is 0.0601. The van der Waals surface area contributed by atoms with E-state index >= 15 is 0 Å². The van der Waals surface area contributed by atoms with Crippen LogP contribution in [0.4, 0.5) is 14.5 Å². The Bertz CT molecular complexity index is 391. The number of halogens is 2. The van der Waals surface area contributed by atoms with E-state index in [4.69, 9.17) is 4.74 Å². The van der Waals surface area contributed by atoms with Crippen molar-refractivity contribution in [1.82, 2.24) is 0 Å². The molecule has 0 radical (unpaired) electrons. The molecule has 1 rings (SSSR count). The summed E-state index contributed by atoms with van der Waals surface area (Å²) in [4.78, 5) is 13.5. The molecule has 0 fully saturated rings. The van der Waals surface area contributed by atoms with Crippen molar-refractivity contribution in [3.05, 3.63) is 29.8 Å². The maximum atomic E-state index is 12.3. The van der Waals surface area contributed by atoms with E-state index in [9.17, 15) is 13.6 Å². The standard InChI is InChI=1S/C14H19F2NO2/c1-19-14(18)12-6-2-3-7-13(12)17(10-4-8-15)11-5-9-16/h2-3,6-7H,4-5,8-11H2,1H3. The van der Waals surface area contributed by atoms with Crippen molar-refractivity contribution in [3.63, 3.8) is 0 Å². The van der Waals surface area contributed by atoms with Gasteiger partial charge in [0.2, 0.25) is 0 Å². The van der Waals surface area contributed by atoms with Crippen LogP contribution < -0.4 is 4.90 Å². The molecule has 0 aliphatic rings. The summed E-state index contributed by atoms with van der Waals surface area (Å²) >= 11 is 0. The van der Waals surface area contributed by atoms with Crippen LogP contribution in [0.1, 0.15) is 23.2 Å². The number of carbonyl (C=O) groups is 1. The number of carbonyl (C=O) groups excluding carboxylic acids is 1. The molecule has 0 aromatic heterocycles. The van der Waals surface area contributed by atoms with Gasteiger partial charge in [-0.1, -0.05) is 12.1 Å². The molecule has 0 saturated heterocycles. The Kier molecular flexibility index (Phi) is 6.85. The molecule has 0 aliphatic heterocycles. The monoisotopic (exact) mass is 271 g/mol. The molecule has 0 bridgehead atoms. The number of anilines is 1. The second-order valence-corrected chi connectivity index (χ2v) is 4.08. The summed E-state index contributed by atoms with van der Waals surface area (Å²) < 4.78 is 29.4.